The number of carbonyl (C=O) groups is 2. The van der Waals surface area contributed by atoms with Crippen LogP contribution in [-0.4, -0.2) is 31.0 Å². The van der Waals surface area contributed by atoms with Crippen molar-refractivity contribution >= 4 is 23.1 Å². The maximum absolute atomic E-state index is 12.8. The van der Waals surface area contributed by atoms with Crippen LogP contribution in [0.5, 0.6) is 5.75 Å². The lowest BCUT2D eigenvalue weighted by atomic mass is 10.1. The molecular weight excluding hydrogens is 468 g/mol. The van der Waals surface area contributed by atoms with E-state index in [0.717, 1.165) is 22.5 Å². The monoisotopic (exact) mass is 494 g/mol. The molecule has 0 radical (unpaired) electrons. The van der Waals surface area contributed by atoms with Crippen molar-refractivity contribution in [1.82, 2.24) is 24.5 Å². The smallest absolute Gasteiger partial charge is 0.251 e. The van der Waals surface area contributed by atoms with E-state index >= 15 is 0 Å². The Bertz CT molecular complexity index is 1540. The Labute approximate surface area is 213 Å². The number of imidazole rings is 1. The molecule has 3 heterocycles. The number of nitrogens with zero attached hydrogens (tertiary/aromatic N) is 4. The summed E-state index contributed by atoms with van der Waals surface area (Å²) in [6, 6.07) is 20.1. The molecule has 37 heavy (non-hydrogen) atoms. The van der Waals surface area contributed by atoms with Crippen LogP contribution in [0.2, 0.25) is 0 Å². The summed E-state index contributed by atoms with van der Waals surface area (Å²) in [6.07, 6.45) is 7.31. The number of amides is 2. The van der Waals surface area contributed by atoms with Crippen LogP contribution in [0.4, 0.5) is 5.69 Å². The van der Waals surface area contributed by atoms with Crippen molar-refractivity contribution in [3.05, 3.63) is 114 Å². The molecule has 0 spiro atoms. The molecule has 5 rings (SSSR count). The van der Waals surface area contributed by atoms with Crippen molar-refractivity contribution in [1.29, 1.82) is 0 Å². The van der Waals surface area contributed by atoms with Gasteiger partial charge in [0, 0.05) is 42.6 Å². The average Bonchev–Trinajstić information content (AvgIpc) is 3.55. The highest BCUT2D eigenvalue weighted by Gasteiger charge is 2.09. The largest absolute Gasteiger partial charge is 0.487 e. The molecule has 0 saturated heterocycles. The second-order valence-electron chi connectivity index (χ2n) is 8.66. The van der Waals surface area contributed by atoms with Crippen molar-refractivity contribution in [2.75, 3.05) is 5.32 Å². The second kappa shape index (κ2) is 10.8. The van der Waals surface area contributed by atoms with E-state index in [1.165, 1.54) is 0 Å². The fourth-order valence-electron chi connectivity index (χ4n) is 3.89. The minimum absolute atomic E-state index is 0.128. The zero-order chi connectivity index (χ0) is 25.6. The molecule has 0 fully saturated rings. The van der Waals surface area contributed by atoms with Crippen LogP contribution in [0.1, 0.15) is 27.2 Å². The molecule has 2 N–H and O–H groups in total. The molecule has 0 bridgehead atoms. The summed E-state index contributed by atoms with van der Waals surface area (Å²) in [6.45, 7) is 2.77. The van der Waals surface area contributed by atoms with Gasteiger partial charge in [-0.3, -0.25) is 14.3 Å². The van der Waals surface area contributed by atoms with Crippen LogP contribution >= 0.6 is 0 Å². The second-order valence-corrected chi connectivity index (χ2v) is 8.66. The number of benzene rings is 2. The number of carbonyl (C=O) groups excluding carboxylic acids is 2. The van der Waals surface area contributed by atoms with E-state index < -0.39 is 0 Å². The van der Waals surface area contributed by atoms with E-state index in [4.69, 9.17) is 4.74 Å². The van der Waals surface area contributed by atoms with E-state index in [2.05, 4.69) is 20.7 Å². The van der Waals surface area contributed by atoms with E-state index in [-0.39, 0.29) is 18.4 Å². The van der Waals surface area contributed by atoms with Crippen LogP contribution < -0.4 is 15.4 Å². The number of ether oxygens (including phenoxy) is 1. The van der Waals surface area contributed by atoms with E-state index in [1.807, 2.05) is 60.1 Å². The number of aromatic nitrogens is 4. The van der Waals surface area contributed by atoms with Gasteiger partial charge in [0.05, 0.1) is 5.69 Å². The van der Waals surface area contributed by atoms with Crippen molar-refractivity contribution in [2.24, 2.45) is 0 Å². The molecular formula is C28H26N6O3. The number of hydrogen-bond donors (Lipinski definition) is 2. The lowest BCUT2D eigenvalue weighted by molar-refractivity contribution is -0.116. The molecule has 0 aliphatic heterocycles. The third-order valence-corrected chi connectivity index (χ3v) is 5.66. The Morgan fingerprint density at radius 2 is 1.89 bits per heavy atom. The first-order valence-electron chi connectivity index (χ1n) is 11.8. The van der Waals surface area contributed by atoms with Gasteiger partial charge >= 0.3 is 0 Å². The molecule has 9 heteroatoms. The zero-order valence-corrected chi connectivity index (χ0v) is 20.3. The highest BCUT2D eigenvalue weighted by molar-refractivity contribution is 5.94. The zero-order valence-electron chi connectivity index (χ0n) is 20.3. The summed E-state index contributed by atoms with van der Waals surface area (Å²) in [4.78, 5) is 29.6. The maximum atomic E-state index is 12.8. The number of nitrogens with one attached hydrogen (secondary N) is 2. The van der Waals surface area contributed by atoms with Gasteiger partial charge in [0.15, 0.2) is 0 Å². The predicted octanol–water partition coefficient (Wildman–Crippen LogP) is 3.99. The Morgan fingerprint density at radius 3 is 2.76 bits per heavy atom. The summed E-state index contributed by atoms with van der Waals surface area (Å²) in [5.41, 5.74) is 4.82. The molecule has 9 nitrogen and oxygen atoms in total. The van der Waals surface area contributed by atoms with Crippen LogP contribution in [0, 0.1) is 6.92 Å². The summed E-state index contributed by atoms with van der Waals surface area (Å²) >= 11 is 0. The van der Waals surface area contributed by atoms with Crippen LogP contribution in [0.3, 0.4) is 0 Å². The van der Waals surface area contributed by atoms with E-state index in [0.29, 0.717) is 30.2 Å². The first-order chi connectivity index (χ1) is 18.0. The van der Waals surface area contributed by atoms with Gasteiger partial charge < -0.3 is 19.8 Å². The molecule has 2 aromatic carbocycles. The Kier molecular flexibility index (Phi) is 6.93. The molecule has 5 aromatic rings. The van der Waals surface area contributed by atoms with Gasteiger partial charge in [-0.15, -0.1) is 0 Å². The highest BCUT2D eigenvalue weighted by atomic mass is 16.5. The van der Waals surface area contributed by atoms with Gasteiger partial charge in [-0.1, -0.05) is 24.3 Å². The topological polar surface area (TPSA) is 103 Å². The normalized spacial score (nSPS) is 10.8. The number of hydrogen-bond acceptors (Lipinski definition) is 5. The van der Waals surface area contributed by atoms with Crippen LogP contribution in [-0.2, 0) is 24.5 Å². The molecule has 3 aromatic heterocycles. The number of anilines is 1. The number of aryl methyl sites for hydroxylation is 1. The van der Waals surface area contributed by atoms with Gasteiger partial charge in [-0.05, 0) is 60.5 Å². The van der Waals surface area contributed by atoms with Gasteiger partial charge in [0.2, 0.25) is 5.91 Å². The first-order valence-corrected chi connectivity index (χ1v) is 11.8. The standard InChI is InChI=1S/C28H26N6O3/c1-20-9-10-26-31-24(17-33(26)16-20)19-37-25-8-3-6-22(14-25)28(36)29-15-21-5-2-7-23(13-21)32-27(35)18-34-12-4-11-30-34/h2-14,16-17H,15,18-19H2,1H3,(H,29,36)(H,32,35). The summed E-state index contributed by atoms with van der Waals surface area (Å²) in [7, 11) is 0. The molecule has 0 unspecified atom stereocenters. The fourth-order valence-corrected chi connectivity index (χ4v) is 3.89. The van der Waals surface area contributed by atoms with E-state index in [1.54, 1.807) is 47.4 Å². The van der Waals surface area contributed by atoms with Gasteiger partial charge in [0.25, 0.3) is 5.91 Å². The van der Waals surface area contributed by atoms with Crippen LogP contribution in [0.15, 0.2) is 91.5 Å². The average molecular weight is 495 g/mol. The Hall–Kier alpha value is -4.92. The minimum atomic E-state index is -0.221. The van der Waals surface area contributed by atoms with Crippen molar-refractivity contribution in [3.63, 3.8) is 0 Å². The predicted molar refractivity (Wildman–Crippen MR) is 139 cm³/mol. The summed E-state index contributed by atoms with van der Waals surface area (Å²) < 4.78 is 9.41. The quantitative estimate of drug-likeness (QED) is 0.323. The van der Waals surface area contributed by atoms with Gasteiger partial charge in [-0.2, -0.15) is 5.10 Å². The Morgan fingerprint density at radius 1 is 1.00 bits per heavy atom. The molecule has 186 valence electrons. The number of fused-ring (bicyclic) bond motifs is 1. The third-order valence-electron chi connectivity index (χ3n) is 5.66. The molecule has 0 aliphatic rings. The van der Waals surface area contributed by atoms with Crippen molar-refractivity contribution < 1.29 is 14.3 Å². The van der Waals surface area contributed by atoms with Gasteiger partial charge in [0.1, 0.15) is 24.5 Å². The summed E-state index contributed by atoms with van der Waals surface area (Å²) in [5, 5.41) is 9.80. The lowest BCUT2D eigenvalue weighted by Crippen LogP contribution is -2.23. The first kappa shape index (κ1) is 23.8. The maximum Gasteiger partial charge on any atom is 0.251 e. The van der Waals surface area contributed by atoms with E-state index in [9.17, 15) is 9.59 Å². The SMILES string of the molecule is Cc1ccc2nc(COc3cccc(C(=O)NCc4cccc(NC(=O)Cn5cccn5)c4)c3)cn2c1. The molecule has 0 atom stereocenters. The van der Waals surface area contributed by atoms with Gasteiger partial charge in [-0.25, -0.2) is 4.98 Å². The minimum Gasteiger partial charge on any atom is -0.487 e. The number of rotatable bonds is 9. The van der Waals surface area contributed by atoms with Crippen LogP contribution in [0.25, 0.3) is 5.65 Å². The molecule has 0 saturated carbocycles. The lowest BCUT2D eigenvalue weighted by Gasteiger charge is -2.10. The third kappa shape index (κ3) is 6.21. The van der Waals surface area contributed by atoms with Crippen molar-refractivity contribution in [2.45, 2.75) is 26.6 Å². The molecule has 2 amide bonds. The highest BCUT2D eigenvalue weighted by Crippen LogP contribution is 2.17. The molecule has 0 aliphatic carbocycles. The Balaban J connectivity index is 1.15. The fraction of sp³-hybridized carbons (Fsp3) is 0.143. The van der Waals surface area contributed by atoms with Crippen molar-refractivity contribution in [3.8, 4) is 5.75 Å². The summed E-state index contributed by atoms with van der Waals surface area (Å²) in [5.74, 6) is 0.185. The number of pyridine rings is 1.